The van der Waals surface area contributed by atoms with Gasteiger partial charge >= 0.3 is 5.97 Å². The lowest BCUT2D eigenvalue weighted by Crippen LogP contribution is -2.58. The molecule has 1 heterocycles. The maximum Gasteiger partial charge on any atom is 0.326 e. The van der Waals surface area contributed by atoms with Gasteiger partial charge in [0.1, 0.15) is 18.1 Å². The molecule has 0 aromatic carbocycles. The Morgan fingerprint density at radius 1 is 1.06 bits per heavy atom. The molecule has 1 fully saturated rings. The maximum atomic E-state index is 13.2. The smallest absolute Gasteiger partial charge is 0.326 e. The van der Waals surface area contributed by atoms with Gasteiger partial charge in [-0.2, -0.15) is 0 Å². The number of likely N-dealkylation sites (tertiary alicyclic amines) is 1. The van der Waals surface area contributed by atoms with Crippen molar-refractivity contribution in [2.45, 2.75) is 70.1 Å². The summed E-state index contributed by atoms with van der Waals surface area (Å²) in [5.74, 6) is -5.40. The molecule has 1 saturated heterocycles. The van der Waals surface area contributed by atoms with Crippen LogP contribution < -0.4 is 27.8 Å². The first-order valence-corrected chi connectivity index (χ1v) is 10.3. The number of nitrogens with zero attached hydrogens (tertiary/aromatic N) is 1. The molecule has 0 aromatic heterocycles. The molecule has 0 spiro atoms. The molecule has 1 rings (SSSR count). The van der Waals surface area contributed by atoms with Crippen molar-refractivity contribution in [2.75, 3.05) is 6.54 Å². The van der Waals surface area contributed by atoms with Gasteiger partial charge in [-0.05, 0) is 18.8 Å². The van der Waals surface area contributed by atoms with Gasteiger partial charge < -0.3 is 37.8 Å². The Balaban J connectivity index is 2.99. The first kappa shape index (κ1) is 26.8. The Hall–Kier alpha value is -3.22. The standard InChI is InChI=1S/C19H32N6O7/c1-3-9(2)15(24-16(28)10(20)7-13(21)26)18(30)25-6-4-5-12(25)17(29)23-11(19(31)32)8-14(22)27/h9-12,15H,3-8,20H2,1-2H3,(H2,21,26)(H2,22,27)(H,23,29)(H,24,28)(H,31,32). The number of rotatable bonds is 12. The summed E-state index contributed by atoms with van der Waals surface area (Å²) in [6.45, 7) is 3.78. The monoisotopic (exact) mass is 456 g/mol. The number of carbonyl (C=O) groups is 6. The van der Waals surface area contributed by atoms with Crippen LogP contribution in [0.1, 0.15) is 46.0 Å². The van der Waals surface area contributed by atoms with Crippen LogP contribution in [0.4, 0.5) is 0 Å². The highest BCUT2D eigenvalue weighted by atomic mass is 16.4. The van der Waals surface area contributed by atoms with E-state index in [1.807, 2.05) is 6.92 Å². The normalized spacial score (nSPS) is 19.3. The molecule has 13 heteroatoms. The Kier molecular flexibility index (Phi) is 10.0. The van der Waals surface area contributed by atoms with Crippen LogP contribution in [0.2, 0.25) is 0 Å². The van der Waals surface area contributed by atoms with Crippen molar-refractivity contribution in [3.63, 3.8) is 0 Å². The van der Waals surface area contributed by atoms with Gasteiger partial charge in [0.2, 0.25) is 29.5 Å². The van der Waals surface area contributed by atoms with Crippen LogP contribution >= 0.6 is 0 Å². The third-order valence-corrected chi connectivity index (χ3v) is 5.39. The summed E-state index contributed by atoms with van der Waals surface area (Å²) in [4.78, 5) is 73.0. The second-order valence-corrected chi connectivity index (χ2v) is 7.91. The van der Waals surface area contributed by atoms with Gasteiger partial charge in [-0.15, -0.1) is 0 Å². The van der Waals surface area contributed by atoms with Gasteiger partial charge in [-0.3, -0.25) is 24.0 Å². The highest BCUT2D eigenvalue weighted by molar-refractivity contribution is 5.96. The predicted molar refractivity (Wildman–Crippen MR) is 111 cm³/mol. The van der Waals surface area contributed by atoms with E-state index in [-0.39, 0.29) is 18.9 Å². The topological polar surface area (TPSA) is 228 Å². The van der Waals surface area contributed by atoms with E-state index in [0.717, 1.165) is 0 Å². The Labute approximate surface area is 185 Å². The lowest BCUT2D eigenvalue weighted by Gasteiger charge is -2.32. The van der Waals surface area contributed by atoms with E-state index in [0.29, 0.717) is 12.8 Å². The number of primary amides is 2. The molecule has 0 radical (unpaired) electrons. The fraction of sp³-hybridized carbons (Fsp3) is 0.684. The number of hydrogen-bond donors (Lipinski definition) is 6. The third kappa shape index (κ3) is 7.48. The first-order chi connectivity index (χ1) is 14.9. The zero-order valence-electron chi connectivity index (χ0n) is 18.2. The second-order valence-electron chi connectivity index (χ2n) is 7.91. The van der Waals surface area contributed by atoms with E-state index in [1.165, 1.54) is 4.90 Å². The molecule has 13 nitrogen and oxygen atoms in total. The Morgan fingerprint density at radius 2 is 1.66 bits per heavy atom. The molecule has 5 atom stereocenters. The van der Waals surface area contributed by atoms with Crippen molar-refractivity contribution in [2.24, 2.45) is 23.1 Å². The van der Waals surface area contributed by atoms with E-state index in [9.17, 15) is 33.9 Å². The zero-order valence-corrected chi connectivity index (χ0v) is 18.2. The van der Waals surface area contributed by atoms with Crippen molar-refractivity contribution in [1.82, 2.24) is 15.5 Å². The lowest BCUT2D eigenvalue weighted by atomic mass is 9.96. The molecule has 5 unspecified atom stereocenters. The average molecular weight is 457 g/mol. The molecule has 180 valence electrons. The van der Waals surface area contributed by atoms with Crippen LogP contribution in [0.5, 0.6) is 0 Å². The van der Waals surface area contributed by atoms with Gasteiger partial charge in [0.05, 0.1) is 18.9 Å². The van der Waals surface area contributed by atoms with Crippen LogP contribution in [-0.2, 0) is 28.8 Å². The lowest BCUT2D eigenvalue weighted by molar-refractivity contribution is -0.146. The summed E-state index contributed by atoms with van der Waals surface area (Å²) in [6.07, 6.45) is 0.304. The SMILES string of the molecule is CCC(C)C(NC(=O)C(N)CC(N)=O)C(=O)N1CCCC1C(=O)NC(CC(N)=O)C(=O)O. The molecule has 0 saturated carbocycles. The highest BCUT2D eigenvalue weighted by Gasteiger charge is 2.40. The molecule has 1 aliphatic heterocycles. The van der Waals surface area contributed by atoms with Crippen LogP contribution in [0.15, 0.2) is 0 Å². The number of hydrogen-bond acceptors (Lipinski definition) is 7. The van der Waals surface area contributed by atoms with E-state index in [4.69, 9.17) is 17.2 Å². The number of aliphatic carboxylic acids is 1. The molecule has 32 heavy (non-hydrogen) atoms. The van der Waals surface area contributed by atoms with Gasteiger partial charge in [0, 0.05) is 6.54 Å². The minimum absolute atomic E-state index is 0.223. The number of amides is 5. The summed E-state index contributed by atoms with van der Waals surface area (Å²) in [6, 6.07) is -4.73. The fourth-order valence-corrected chi connectivity index (χ4v) is 3.40. The van der Waals surface area contributed by atoms with E-state index >= 15 is 0 Å². The van der Waals surface area contributed by atoms with Crippen LogP contribution in [0.25, 0.3) is 0 Å². The van der Waals surface area contributed by atoms with Gasteiger partial charge in [-0.25, -0.2) is 4.79 Å². The largest absolute Gasteiger partial charge is 0.480 e. The van der Waals surface area contributed by atoms with Crippen molar-refractivity contribution in [3.8, 4) is 0 Å². The quantitative estimate of drug-likeness (QED) is 0.179. The van der Waals surface area contributed by atoms with Crippen molar-refractivity contribution in [3.05, 3.63) is 0 Å². The molecule has 9 N–H and O–H groups in total. The zero-order chi connectivity index (χ0) is 24.6. The van der Waals surface area contributed by atoms with E-state index in [2.05, 4.69) is 10.6 Å². The van der Waals surface area contributed by atoms with E-state index < -0.39 is 72.5 Å². The second kappa shape index (κ2) is 12.0. The first-order valence-electron chi connectivity index (χ1n) is 10.3. The summed E-state index contributed by atoms with van der Waals surface area (Å²) in [5, 5.41) is 14.0. The Morgan fingerprint density at radius 3 is 2.16 bits per heavy atom. The van der Waals surface area contributed by atoms with Crippen molar-refractivity contribution >= 4 is 35.5 Å². The number of nitrogens with two attached hydrogens (primary N) is 3. The summed E-state index contributed by atoms with van der Waals surface area (Å²) in [7, 11) is 0. The number of nitrogens with one attached hydrogen (secondary N) is 2. The fourth-order valence-electron chi connectivity index (χ4n) is 3.40. The molecular weight excluding hydrogens is 424 g/mol. The van der Waals surface area contributed by atoms with Gasteiger partial charge in [0.25, 0.3) is 0 Å². The van der Waals surface area contributed by atoms with Gasteiger partial charge in [-0.1, -0.05) is 20.3 Å². The minimum atomic E-state index is -1.52. The minimum Gasteiger partial charge on any atom is -0.480 e. The summed E-state index contributed by atoms with van der Waals surface area (Å²) >= 11 is 0. The van der Waals surface area contributed by atoms with Crippen LogP contribution in [0.3, 0.4) is 0 Å². The molecule has 0 aliphatic carbocycles. The van der Waals surface area contributed by atoms with Crippen molar-refractivity contribution < 1.29 is 33.9 Å². The third-order valence-electron chi connectivity index (χ3n) is 5.39. The van der Waals surface area contributed by atoms with Crippen LogP contribution in [-0.4, -0.2) is 76.2 Å². The Bertz CT molecular complexity index is 758. The molecule has 1 aliphatic rings. The molecule has 0 aromatic rings. The molecule has 5 amide bonds. The number of carboxylic acid groups (broad SMARTS) is 1. The number of carboxylic acids is 1. The van der Waals surface area contributed by atoms with Crippen LogP contribution in [0, 0.1) is 5.92 Å². The number of carbonyl (C=O) groups excluding carboxylic acids is 5. The highest BCUT2D eigenvalue weighted by Crippen LogP contribution is 2.22. The van der Waals surface area contributed by atoms with Crippen molar-refractivity contribution in [1.29, 1.82) is 0 Å². The van der Waals surface area contributed by atoms with E-state index in [1.54, 1.807) is 6.92 Å². The predicted octanol–water partition coefficient (Wildman–Crippen LogP) is -2.84. The molecular formula is C19H32N6O7. The van der Waals surface area contributed by atoms with Gasteiger partial charge in [0.15, 0.2) is 0 Å². The maximum absolute atomic E-state index is 13.2. The summed E-state index contributed by atoms with van der Waals surface area (Å²) in [5.41, 5.74) is 15.8. The molecule has 0 bridgehead atoms. The summed E-state index contributed by atoms with van der Waals surface area (Å²) < 4.78 is 0. The average Bonchev–Trinajstić information content (AvgIpc) is 3.19.